The average Bonchev–Trinajstić information content (AvgIpc) is 1.35. The van der Waals surface area contributed by atoms with Crippen molar-refractivity contribution in [2.45, 2.75) is 0 Å². The van der Waals surface area contributed by atoms with Crippen LogP contribution in [0.5, 0.6) is 0 Å². The Morgan fingerprint density at radius 3 is 1.62 bits per heavy atom. The van der Waals surface area contributed by atoms with Crippen LogP contribution in [0.15, 0.2) is 0 Å². The van der Waals surface area contributed by atoms with Crippen LogP contribution in [0.2, 0.25) is 0 Å². The maximum absolute atomic E-state index is 9.47. The predicted molar refractivity (Wildman–Crippen MR) is 30.2 cm³/mol. The zero-order chi connectivity index (χ0) is 5.21. The van der Waals surface area contributed by atoms with Gasteiger partial charge in [-0.1, -0.05) is 0 Å². The van der Waals surface area contributed by atoms with E-state index in [1.165, 1.54) is 0 Å². The molecule has 47 valence electrons. The molecule has 0 spiro atoms. The summed E-state index contributed by atoms with van der Waals surface area (Å²) in [6.07, 6.45) is 0. The van der Waals surface area contributed by atoms with Crippen LogP contribution in [0.25, 0.3) is 0 Å². The first-order chi connectivity index (χ1) is 2.56. The third-order valence-electron chi connectivity index (χ3n) is 0.238. The van der Waals surface area contributed by atoms with Gasteiger partial charge in [0, 0.05) is 49.4 Å². The minimum absolute atomic E-state index is 0. The van der Waals surface area contributed by atoms with Gasteiger partial charge in [-0.05, 0) is 0 Å². The Morgan fingerprint density at radius 2 is 1.62 bits per heavy atom. The second-order valence-electron chi connectivity index (χ2n) is 0.673. The molecule has 0 atom stereocenters. The van der Waals surface area contributed by atoms with Crippen molar-refractivity contribution in [1.82, 2.24) is 0 Å². The monoisotopic (exact) mass is 353 g/mol. The second-order valence-corrected chi connectivity index (χ2v) is 2.02. The summed E-state index contributed by atoms with van der Waals surface area (Å²) >= 11 is 0. The molecule has 0 aromatic heterocycles. The molecule has 2 N–H and O–H groups in total. The van der Waals surface area contributed by atoms with Gasteiger partial charge in [0.05, 0.1) is 0 Å². The molecule has 0 rings (SSSR count). The Balaban J connectivity index is -0.000000125. The molecule has 0 aliphatic rings. The van der Waals surface area contributed by atoms with E-state index in [2.05, 4.69) is 4.44 Å². The zero-order valence-corrected chi connectivity index (χ0v) is 6.86. The van der Waals surface area contributed by atoms with Crippen molar-refractivity contribution in [1.29, 1.82) is 0 Å². The van der Waals surface area contributed by atoms with Crippen molar-refractivity contribution in [2.75, 3.05) is 0 Å². The van der Waals surface area contributed by atoms with E-state index < -0.39 is 7.82 Å². The summed E-state index contributed by atoms with van der Waals surface area (Å²) in [5.74, 6) is 0. The average molecular weight is 351 g/mol. The van der Waals surface area contributed by atoms with Crippen LogP contribution in [0.4, 0.5) is 0 Å². The third kappa shape index (κ3) is 16.1. The minimum atomic E-state index is -4.15. The summed E-state index contributed by atoms with van der Waals surface area (Å²) in [6.45, 7) is 0. The molecule has 0 aromatic rings. The molecule has 0 unspecified atom stereocenters. The Kier molecular flexibility index (Phi) is 18.1. The predicted octanol–water partition coefficient (Wildman–Crippen LogP) is -2.27. The third-order valence-corrected chi connectivity index (χ3v) is 0.714. The molecule has 0 aliphatic heterocycles. The fourth-order valence-electron chi connectivity index (χ4n) is 0. The molecule has 1 radical (unpaired) electrons. The van der Waals surface area contributed by atoms with Gasteiger partial charge in [0.2, 0.25) is 0 Å². The fraction of sp³-hybridized carbons (Fsp3) is 0. The second kappa shape index (κ2) is 8.34. The molecule has 0 aromatic carbocycles. The van der Waals surface area contributed by atoms with Gasteiger partial charge in [-0.25, -0.2) is 4.57 Å². The van der Waals surface area contributed by atoms with E-state index in [1.54, 1.807) is 0 Å². The summed E-state index contributed by atoms with van der Waals surface area (Å²) in [7, 11) is -3.20. The van der Waals surface area contributed by atoms with Crippen LogP contribution in [-0.2, 0) is 9.01 Å². The molecular weight excluding hydrogens is 345 g/mol. The Morgan fingerprint density at radius 1 is 1.50 bits per heavy atom. The first-order valence-electron chi connectivity index (χ1n) is 1.17. The number of rotatable bonds is 1. The first-order valence-corrected chi connectivity index (χ1v) is 2.70. The topological polar surface area (TPSA) is 66.8 Å². The standard InChI is InChI=1S/BH4O4P.Eu.Sr.2H/c1-5-6(2,3)4;;;;/h1H2,(H2,2,3,4);;;;. The summed E-state index contributed by atoms with van der Waals surface area (Å²) < 4.78 is 13.1. The Labute approximate surface area is 126 Å². The molecule has 0 saturated carbocycles. The maximum atomic E-state index is 9.47. The number of hydrogen-bond donors (Lipinski definition) is 2. The number of phosphoric acid groups is 1. The molecule has 0 amide bonds. The van der Waals surface area contributed by atoms with Crippen LogP contribution in [0.1, 0.15) is 0 Å². The van der Waals surface area contributed by atoms with Gasteiger partial charge < -0.3 is 14.2 Å². The van der Waals surface area contributed by atoms with Gasteiger partial charge in [0.15, 0.2) is 0 Å². The van der Waals surface area contributed by atoms with E-state index >= 15 is 0 Å². The van der Waals surface area contributed by atoms with Crippen molar-refractivity contribution < 1.29 is 68.2 Å². The van der Waals surface area contributed by atoms with E-state index in [-0.39, 0.29) is 94.9 Å². The van der Waals surface area contributed by atoms with Gasteiger partial charge in [-0.2, -0.15) is 0 Å². The Hall–Kier alpha value is 3.24. The van der Waals surface area contributed by atoms with E-state index in [0.29, 0.717) is 0 Å². The van der Waals surface area contributed by atoms with Gasteiger partial charge in [0.1, 0.15) is 0 Å². The summed E-state index contributed by atoms with van der Waals surface area (Å²) in [5.41, 5.74) is 0. The molecule has 0 heterocycles. The van der Waals surface area contributed by atoms with Gasteiger partial charge >= 0.3 is 53.3 Å². The zero-order valence-electron chi connectivity index (χ0n) is 3.54. The molecule has 0 saturated heterocycles. The molecule has 0 aliphatic carbocycles. The van der Waals surface area contributed by atoms with Crippen LogP contribution < -0.4 is 0 Å². The molecule has 8 heteroatoms. The molecule has 4 nitrogen and oxygen atoms in total. The van der Waals surface area contributed by atoms with Crippen LogP contribution >= 0.6 is 7.82 Å². The first kappa shape index (κ1) is 17.4. The van der Waals surface area contributed by atoms with Crippen LogP contribution in [0.3, 0.4) is 0 Å². The van der Waals surface area contributed by atoms with Crippen LogP contribution in [-0.4, -0.2) is 63.3 Å². The molecule has 0 bridgehead atoms. The molecular formula is H6BEuO4PSr. The normalized spacial score (nSPS) is 8.75. The van der Waals surface area contributed by atoms with Gasteiger partial charge in [0.25, 0.3) is 8.05 Å². The quantitative estimate of drug-likeness (QED) is 0.413. The van der Waals surface area contributed by atoms with Crippen molar-refractivity contribution in [3.05, 3.63) is 0 Å². The number of hydrogen-bond acceptors (Lipinski definition) is 2. The summed E-state index contributed by atoms with van der Waals surface area (Å²) in [5, 5.41) is 0. The summed E-state index contributed by atoms with van der Waals surface area (Å²) in [4.78, 5) is 15.4. The van der Waals surface area contributed by atoms with Gasteiger partial charge in [-0.15, -0.1) is 0 Å². The summed E-state index contributed by atoms with van der Waals surface area (Å²) in [6, 6.07) is 0. The van der Waals surface area contributed by atoms with Gasteiger partial charge in [-0.3, -0.25) is 0 Å². The SMILES string of the molecule is BOP(=O)(O)O.[Eu].[SrH2]. The molecule has 8 heavy (non-hydrogen) atoms. The fourth-order valence-corrected chi connectivity index (χ4v) is 0. The van der Waals surface area contributed by atoms with E-state index in [4.69, 9.17) is 9.79 Å². The van der Waals surface area contributed by atoms with Crippen molar-refractivity contribution in [3.63, 3.8) is 0 Å². The van der Waals surface area contributed by atoms with Crippen molar-refractivity contribution in [2.24, 2.45) is 0 Å². The van der Waals surface area contributed by atoms with E-state index in [1.807, 2.05) is 0 Å². The van der Waals surface area contributed by atoms with E-state index in [9.17, 15) is 4.57 Å². The van der Waals surface area contributed by atoms with Crippen LogP contribution in [0, 0.1) is 49.4 Å². The molecule has 0 fully saturated rings. The van der Waals surface area contributed by atoms with Crippen molar-refractivity contribution >= 4 is 61.4 Å². The Bertz CT molecular complexity index is 80.1. The van der Waals surface area contributed by atoms with Crippen molar-refractivity contribution in [3.8, 4) is 0 Å². The van der Waals surface area contributed by atoms with E-state index in [0.717, 1.165) is 8.05 Å².